The second-order valence-corrected chi connectivity index (χ2v) is 13.0. The summed E-state index contributed by atoms with van der Waals surface area (Å²) >= 11 is 0. The summed E-state index contributed by atoms with van der Waals surface area (Å²) in [5, 5.41) is 9.03. The van der Waals surface area contributed by atoms with E-state index >= 15 is 0 Å². The first-order valence-electron chi connectivity index (χ1n) is 16.3. The van der Waals surface area contributed by atoms with Gasteiger partial charge in [0.2, 0.25) is 5.95 Å². The molecule has 3 atom stereocenters. The molecule has 3 heterocycles. The van der Waals surface area contributed by atoms with E-state index in [9.17, 15) is 35.9 Å². The van der Waals surface area contributed by atoms with Crippen LogP contribution < -0.4 is 4.90 Å². The zero-order valence-electron chi connectivity index (χ0n) is 27.3. The van der Waals surface area contributed by atoms with Gasteiger partial charge in [-0.2, -0.15) is 26.3 Å². The highest BCUT2D eigenvalue weighted by molar-refractivity contribution is 5.70. The summed E-state index contributed by atoms with van der Waals surface area (Å²) in [6.45, 7) is 3.45. The molecule has 9 nitrogen and oxygen atoms in total. The summed E-state index contributed by atoms with van der Waals surface area (Å²) in [4.78, 5) is 36.9. The standard InChI is InChI=1S/C34H39F6N5O4/c1-4-26-14-28(15-27(5-2)45(26)32(48)49-29-10-20(11-29)12-30(46)47)44(31-41-16-23(17-42-31)22-6-7-43(3)19-22)18-21-8-24(33(35,36)37)13-25(9-21)34(38,39)40/h6-9,13,16-17,19-20,26-29H,4-5,10-12,14-15,18H2,1-3H3,(H,46,47)/t20?,26-,27+,28?,29?. The highest BCUT2D eigenvalue weighted by atomic mass is 19.4. The zero-order valence-corrected chi connectivity index (χ0v) is 27.3. The SMILES string of the molecule is CC[C@@H]1CC(N(Cc2cc(C(F)(F)F)cc(C(F)(F)F)c2)c2ncc(-c3ccn(C)c3)cn2)C[C@H](CC)N1C(=O)OC1CC(CC(=O)O)C1. The lowest BCUT2D eigenvalue weighted by atomic mass is 9.80. The van der Waals surface area contributed by atoms with Gasteiger partial charge in [-0.15, -0.1) is 0 Å². The molecule has 1 N–H and O–H groups in total. The van der Waals surface area contributed by atoms with Crippen molar-refractivity contribution in [1.29, 1.82) is 0 Å². The van der Waals surface area contributed by atoms with Crippen molar-refractivity contribution in [2.24, 2.45) is 13.0 Å². The van der Waals surface area contributed by atoms with E-state index < -0.39 is 41.6 Å². The molecule has 5 rings (SSSR count). The molecule has 0 spiro atoms. The molecule has 2 aromatic heterocycles. The van der Waals surface area contributed by atoms with E-state index in [1.165, 1.54) is 0 Å². The molecule has 1 aliphatic heterocycles. The smallest absolute Gasteiger partial charge is 0.416 e. The Bertz CT molecular complexity index is 1570. The molecule has 1 unspecified atom stereocenters. The number of anilines is 1. The van der Waals surface area contributed by atoms with Gasteiger partial charge >= 0.3 is 24.4 Å². The molecule has 15 heteroatoms. The average molecular weight is 696 g/mol. The quantitative estimate of drug-likeness (QED) is 0.215. The van der Waals surface area contributed by atoms with E-state index in [1.807, 2.05) is 43.9 Å². The van der Waals surface area contributed by atoms with Gasteiger partial charge in [0, 0.05) is 74.1 Å². The number of carboxylic acid groups (broad SMARTS) is 1. The molecular weight excluding hydrogens is 656 g/mol. The maximum Gasteiger partial charge on any atom is 0.416 e. The lowest BCUT2D eigenvalue weighted by Crippen LogP contribution is -2.57. The third-order valence-corrected chi connectivity index (χ3v) is 9.45. The number of aliphatic carboxylic acids is 1. The Morgan fingerprint density at radius 3 is 1.96 bits per heavy atom. The van der Waals surface area contributed by atoms with Crippen molar-refractivity contribution < 1.29 is 45.8 Å². The first-order valence-corrected chi connectivity index (χ1v) is 16.3. The van der Waals surface area contributed by atoms with Crippen molar-refractivity contribution in [2.75, 3.05) is 4.90 Å². The molecule has 1 amide bonds. The maximum atomic E-state index is 13.8. The molecular formula is C34H39F6N5O4. The molecule has 49 heavy (non-hydrogen) atoms. The van der Waals surface area contributed by atoms with Crippen LogP contribution in [0.15, 0.2) is 49.1 Å². The number of nitrogens with zero attached hydrogens (tertiary/aromatic N) is 5. The zero-order chi connectivity index (χ0) is 35.7. The summed E-state index contributed by atoms with van der Waals surface area (Å²) in [5.41, 5.74) is -1.51. The van der Waals surface area contributed by atoms with E-state index in [0.29, 0.717) is 44.1 Å². The van der Waals surface area contributed by atoms with Crippen LogP contribution in [0.3, 0.4) is 0 Å². The number of amides is 1. The molecule has 0 bridgehead atoms. The van der Waals surface area contributed by atoms with Gasteiger partial charge in [0.25, 0.3) is 0 Å². The Balaban J connectivity index is 1.45. The van der Waals surface area contributed by atoms with Crippen LogP contribution >= 0.6 is 0 Å². The fourth-order valence-electron chi connectivity index (χ4n) is 6.88. The lowest BCUT2D eigenvalue weighted by molar-refractivity contribution is -0.143. The first kappa shape index (κ1) is 36.0. The number of ether oxygens (including phenoxy) is 1. The fraction of sp³-hybridized carbons (Fsp3) is 0.529. The topological polar surface area (TPSA) is 101 Å². The number of carbonyl (C=O) groups is 2. The molecule has 1 saturated heterocycles. The normalized spacial score (nSPS) is 22.8. The van der Waals surface area contributed by atoms with Gasteiger partial charge in [0.1, 0.15) is 6.10 Å². The van der Waals surface area contributed by atoms with Gasteiger partial charge < -0.3 is 24.2 Å². The van der Waals surface area contributed by atoms with Crippen molar-refractivity contribution >= 4 is 18.0 Å². The number of carboxylic acids is 1. The van der Waals surface area contributed by atoms with Crippen LogP contribution in [0.4, 0.5) is 37.1 Å². The minimum atomic E-state index is -5.00. The number of halogens is 6. The van der Waals surface area contributed by atoms with Crippen LogP contribution in [-0.2, 0) is 35.5 Å². The number of likely N-dealkylation sites (tertiary alicyclic amines) is 1. The van der Waals surface area contributed by atoms with Gasteiger partial charge in [-0.3, -0.25) is 4.79 Å². The van der Waals surface area contributed by atoms with E-state index in [2.05, 4.69) is 9.97 Å². The third kappa shape index (κ3) is 8.47. The maximum absolute atomic E-state index is 13.8. The summed E-state index contributed by atoms with van der Waals surface area (Å²) in [7, 11) is 1.85. The van der Waals surface area contributed by atoms with Crippen LogP contribution in [0.1, 0.15) is 75.5 Å². The van der Waals surface area contributed by atoms with Crippen LogP contribution in [0.25, 0.3) is 11.1 Å². The lowest BCUT2D eigenvalue weighted by Gasteiger charge is -2.48. The second kappa shape index (κ2) is 14.3. The Morgan fingerprint density at radius 2 is 1.49 bits per heavy atom. The number of aryl methyl sites for hydroxylation is 1. The molecule has 1 aromatic carbocycles. The average Bonchev–Trinajstić information content (AvgIpc) is 3.46. The van der Waals surface area contributed by atoms with Crippen LogP contribution in [0.2, 0.25) is 0 Å². The van der Waals surface area contributed by atoms with E-state index in [4.69, 9.17) is 9.84 Å². The number of hydrogen-bond acceptors (Lipinski definition) is 6. The Morgan fingerprint density at radius 1 is 0.918 bits per heavy atom. The predicted molar refractivity (Wildman–Crippen MR) is 167 cm³/mol. The molecule has 2 fully saturated rings. The summed E-state index contributed by atoms with van der Waals surface area (Å²) in [6.07, 6.45) is -1.45. The van der Waals surface area contributed by atoms with E-state index in [0.717, 1.165) is 17.7 Å². The highest BCUT2D eigenvalue weighted by Gasteiger charge is 2.43. The highest BCUT2D eigenvalue weighted by Crippen LogP contribution is 2.39. The number of benzene rings is 1. The van der Waals surface area contributed by atoms with Gasteiger partial charge in [-0.25, -0.2) is 14.8 Å². The molecule has 2 aliphatic rings. The van der Waals surface area contributed by atoms with Crippen LogP contribution in [0, 0.1) is 5.92 Å². The van der Waals surface area contributed by atoms with Crippen molar-refractivity contribution in [3.8, 4) is 11.1 Å². The van der Waals surface area contributed by atoms with Crippen molar-refractivity contribution in [3.05, 3.63) is 65.7 Å². The number of alkyl halides is 6. The number of hydrogen-bond donors (Lipinski definition) is 1. The van der Waals surface area contributed by atoms with E-state index in [-0.39, 0.29) is 54.6 Å². The van der Waals surface area contributed by atoms with Crippen LogP contribution in [-0.4, -0.2) is 60.8 Å². The fourth-order valence-corrected chi connectivity index (χ4v) is 6.88. The van der Waals surface area contributed by atoms with Gasteiger partial charge in [-0.1, -0.05) is 13.8 Å². The van der Waals surface area contributed by atoms with Crippen molar-refractivity contribution in [2.45, 2.75) is 102 Å². The Hall–Kier alpha value is -4.30. The third-order valence-electron chi connectivity index (χ3n) is 9.45. The Kier molecular flexibility index (Phi) is 10.5. The Labute approximate surface area is 279 Å². The second-order valence-electron chi connectivity index (χ2n) is 13.0. The van der Waals surface area contributed by atoms with Gasteiger partial charge in [-0.05, 0) is 74.3 Å². The molecule has 0 radical (unpaired) electrons. The van der Waals surface area contributed by atoms with Gasteiger partial charge in [0.05, 0.1) is 11.1 Å². The predicted octanol–water partition coefficient (Wildman–Crippen LogP) is 7.94. The summed E-state index contributed by atoms with van der Waals surface area (Å²) in [5.74, 6) is -0.826. The number of aromatic nitrogens is 3. The monoisotopic (exact) mass is 695 g/mol. The van der Waals surface area contributed by atoms with Crippen molar-refractivity contribution in [3.63, 3.8) is 0 Å². The number of piperidine rings is 1. The van der Waals surface area contributed by atoms with Crippen molar-refractivity contribution in [1.82, 2.24) is 19.4 Å². The molecule has 1 saturated carbocycles. The summed E-state index contributed by atoms with van der Waals surface area (Å²) < 4.78 is 90.3. The molecule has 3 aromatic rings. The number of rotatable bonds is 10. The minimum Gasteiger partial charge on any atom is -0.481 e. The summed E-state index contributed by atoms with van der Waals surface area (Å²) in [6, 6.07) is 2.24. The largest absolute Gasteiger partial charge is 0.481 e. The van der Waals surface area contributed by atoms with Gasteiger partial charge in [0.15, 0.2) is 0 Å². The number of carbonyl (C=O) groups excluding carboxylic acids is 1. The van der Waals surface area contributed by atoms with E-state index in [1.54, 1.807) is 22.2 Å². The molecule has 1 aliphatic carbocycles. The molecule has 266 valence electrons. The first-order chi connectivity index (χ1) is 23.0. The minimum absolute atomic E-state index is 0.00912. The van der Waals surface area contributed by atoms with Crippen LogP contribution in [0.5, 0.6) is 0 Å².